The van der Waals surface area contributed by atoms with Crippen molar-refractivity contribution in [1.82, 2.24) is 15.0 Å². The minimum Gasteiger partial charge on any atom is -0.376 e. The van der Waals surface area contributed by atoms with Gasteiger partial charge in [0.15, 0.2) is 0 Å². The number of nitrogens with zero attached hydrogens (tertiary/aromatic N) is 3. The summed E-state index contributed by atoms with van der Waals surface area (Å²) in [7, 11) is 0. The molecule has 5 heteroatoms. The van der Waals surface area contributed by atoms with Gasteiger partial charge in [0.2, 0.25) is 0 Å². The first-order valence-corrected chi connectivity index (χ1v) is 9.03. The van der Waals surface area contributed by atoms with Crippen LogP contribution in [0.4, 0.5) is 4.39 Å². The van der Waals surface area contributed by atoms with Crippen molar-refractivity contribution in [1.29, 1.82) is 0 Å². The SMILES string of the molecule is Cc1cc(F)c(C#CC2CC2)cc1-c1cn(C[C@H]2CCCCO2)nn1. The van der Waals surface area contributed by atoms with Crippen molar-refractivity contribution in [2.24, 2.45) is 5.92 Å². The van der Waals surface area contributed by atoms with Crippen LogP contribution in [0.3, 0.4) is 0 Å². The molecule has 2 aromatic rings. The molecule has 2 heterocycles. The molecule has 1 atom stereocenters. The number of benzene rings is 1. The van der Waals surface area contributed by atoms with Crippen LogP contribution >= 0.6 is 0 Å². The van der Waals surface area contributed by atoms with E-state index in [1.54, 1.807) is 6.07 Å². The highest BCUT2D eigenvalue weighted by atomic mass is 19.1. The van der Waals surface area contributed by atoms with Gasteiger partial charge in [-0.3, -0.25) is 0 Å². The first-order valence-electron chi connectivity index (χ1n) is 9.03. The maximum atomic E-state index is 14.2. The van der Waals surface area contributed by atoms with Gasteiger partial charge in [-0.1, -0.05) is 17.1 Å². The number of aromatic nitrogens is 3. The van der Waals surface area contributed by atoms with E-state index in [2.05, 4.69) is 22.2 Å². The van der Waals surface area contributed by atoms with Crippen LogP contribution in [0, 0.1) is 30.5 Å². The molecular weight excluding hydrogens is 317 g/mol. The molecule has 0 spiro atoms. The number of ether oxygens (including phenoxy) is 1. The third kappa shape index (κ3) is 3.91. The third-order valence-electron chi connectivity index (χ3n) is 4.78. The Labute approximate surface area is 147 Å². The van der Waals surface area contributed by atoms with Crippen molar-refractivity contribution < 1.29 is 9.13 Å². The average Bonchev–Trinajstić information content (AvgIpc) is 3.33. The van der Waals surface area contributed by atoms with E-state index in [4.69, 9.17) is 4.74 Å². The fourth-order valence-electron chi connectivity index (χ4n) is 3.12. The van der Waals surface area contributed by atoms with E-state index in [9.17, 15) is 4.39 Å². The molecule has 0 bridgehead atoms. The summed E-state index contributed by atoms with van der Waals surface area (Å²) in [6, 6.07) is 3.33. The quantitative estimate of drug-likeness (QED) is 0.800. The highest BCUT2D eigenvalue weighted by Gasteiger charge is 2.19. The van der Waals surface area contributed by atoms with Crippen LogP contribution in [0.1, 0.15) is 43.2 Å². The molecule has 1 aliphatic heterocycles. The molecule has 0 amide bonds. The molecule has 2 aliphatic rings. The van der Waals surface area contributed by atoms with E-state index in [-0.39, 0.29) is 11.9 Å². The van der Waals surface area contributed by atoms with Crippen molar-refractivity contribution in [3.63, 3.8) is 0 Å². The van der Waals surface area contributed by atoms with Crippen LogP contribution in [-0.4, -0.2) is 27.7 Å². The Hall–Kier alpha value is -2.19. The summed E-state index contributed by atoms with van der Waals surface area (Å²) in [6.45, 7) is 3.42. The van der Waals surface area contributed by atoms with Crippen molar-refractivity contribution >= 4 is 0 Å². The van der Waals surface area contributed by atoms with Gasteiger partial charge < -0.3 is 4.74 Å². The second-order valence-electron chi connectivity index (χ2n) is 7.00. The van der Waals surface area contributed by atoms with Crippen LogP contribution in [0.15, 0.2) is 18.3 Å². The van der Waals surface area contributed by atoms with Crippen LogP contribution in [0.5, 0.6) is 0 Å². The van der Waals surface area contributed by atoms with Crippen LogP contribution < -0.4 is 0 Å². The van der Waals surface area contributed by atoms with Crippen molar-refractivity contribution in [3.05, 3.63) is 35.3 Å². The van der Waals surface area contributed by atoms with Gasteiger partial charge >= 0.3 is 0 Å². The molecule has 4 rings (SSSR count). The molecule has 2 fully saturated rings. The van der Waals surface area contributed by atoms with E-state index in [1.165, 1.54) is 12.5 Å². The Balaban J connectivity index is 1.56. The average molecular weight is 339 g/mol. The number of rotatable bonds is 3. The number of aryl methyl sites for hydroxylation is 1. The zero-order chi connectivity index (χ0) is 17.2. The summed E-state index contributed by atoms with van der Waals surface area (Å²) >= 11 is 0. The molecule has 1 saturated heterocycles. The minimum atomic E-state index is -0.266. The zero-order valence-electron chi connectivity index (χ0n) is 14.5. The zero-order valence-corrected chi connectivity index (χ0v) is 14.5. The lowest BCUT2D eigenvalue weighted by atomic mass is 10.0. The Kier molecular flexibility index (Phi) is 4.54. The Morgan fingerprint density at radius 3 is 2.92 bits per heavy atom. The van der Waals surface area contributed by atoms with Gasteiger partial charge in [0, 0.05) is 18.1 Å². The summed E-state index contributed by atoms with van der Waals surface area (Å²) in [5.74, 6) is 6.29. The molecule has 0 radical (unpaired) electrons. The molecule has 4 nitrogen and oxygen atoms in total. The monoisotopic (exact) mass is 339 g/mol. The minimum absolute atomic E-state index is 0.206. The van der Waals surface area contributed by atoms with Gasteiger partial charge in [-0.05, 0) is 56.7 Å². The van der Waals surface area contributed by atoms with E-state index >= 15 is 0 Å². The molecule has 25 heavy (non-hydrogen) atoms. The van der Waals surface area contributed by atoms with Gasteiger partial charge in [-0.15, -0.1) is 5.10 Å². The standard InChI is InChI=1S/C20H22FN3O/c1-14-10-19(21)16(8-7-15-5-6-15)11-18(14)20-13-24(23-22-20)12-17-4-2-3-9-25-17/h10-11,13,15,17H,2-6,9,12H2,1H3/t17-/m1/s1. The first kappa shape index (κ1) is 16.3. The number of hydrogen-bond acceptors (Lipinski definition) is 3. The molecule has 1 aromatic heterocycles. The van der Waals surface area contributed by atoms with Gasteiger partial charge in [-0.25, -0.2) is 9.07 Å². The lowest BCUT2D eigenvalue weighted by Gasteiger charge is -2.21. The number of halogens is 1. The molecule has 1 aromatic carbocycles. The highest BCUT2D eigenvalue weighted by Crippen LogP contribution is 2.28. The maximum absolute atomic E-state index is 14.2. The largest absolute Gasteiger partial charge is 0.376 e. The normalized spacial score (nSPS) is 20.2. The predicted octanol–water partition coefficient (Wildman–Crippen LogP) is 3.72. The van der Waals surface area contributed by atoms with Crippen LogP contribution in [0.25, 0.3) is 11.3 Å². The molecule has 1 saturated carbocycles. The Morgan fingerprint density at radius 2 is 2.16 bits per heavy atom. The van der Waals surface area contributed by atoms with Gasteiger partial charge in [0.1, 0.15) is 11.5 Å². The van der Waals surface area contributed by atoms with E-state index < -0.39 is 0 Å². The van der Waals surface area contributed by atoms with Crippen molar-refractivity contribution in [2.45, 2.75) is 51.7 Å². The maximum Gasteiger partial charge on any atom is 0.139 e. The summed E-state index contributed by atoms with van der Waals surface area (Å²) in [5.41, 5.74) is 2.92. The fraction of sp³-hybridized carbons (Fsp3) is 0.500. The molecule has 1 aliphatic carbocycles. The molecule has 130 valence electrons. The first-order chi connectivity index (χ1) is 12.2. The van der Waals surface area contributed by atoms with Crippen LogP contribution in [0.2, 0.25) is 0 Å². The fourth-order valence-corrected chi connectivity index (χ4v) is 3.12. The van der Waals surface area contributed by atoms with Gasteiger partial charge in [0.25, 0.3) is 0 Å². The predicted molar refractivity (Wildman–Crippen MR) is 93.3 cm³/mol. The lowest BCUT2D eigenvalue weighted by molar-refractivity contribution is 0.00370. The summed E-state index contributed by atoms with van der Waals surface area (Å²) in [6.07, 6.45) is 7.78. The van der Waals surface area contributed by atoms with Crippen molar-refractivity contribution in [2.75, 3.05) is 6.61 Å². The van der Waals surface area contributed by atoms with Crippen molar-refractivity contribution in [3.8, 4) is 23.1 Å². The Bertz CT molecular complexity index is 823. The summed E-state index contributed by atoms with van der Waals surface area (Å²) in [5, 5.41) is 8.50. The smallest absolute Gasteiger partial charge is 0.139 e. The number of hydrogen-bond donors (Lipinski definition) is 0. The third-order valence-corrected chi connectivity index (χ3v) is 4.78. The second kappa shape index (κ2) is 6.97. The van der Waals surface area contributed by atoms with E-state index in [0.717, 1.165) is 49.1 Å². The van der Waals surface area contributed by atoms with Gasteiger partial charge in [0.05, 0.1) is 24.4 Å². The highest BCUT2D eigenvalue weighted by molar-refractivity contribution is 5.65. The molecular formula is C20H22FN3O. The second-order valence-corrected chi connectivity index (χ2v) is 7.00. The van der Waals surface area contributed by atoms with Gasteiger partial charge in [-0.2, -0.15) is 0 Å². The molecule has 0 unspecified atom stereocenters. The summed E-state index contributed by atoms with van der Waals surface area (Å²) < 4.78 is 21.8. The van der Waals surface area contributed by atoms with E-state index in [0.29, 0.717) is 18.0 Å². The Morgan fingerprint density at radius 1 is 1.28 bits per heavy atom. The topological polar surface area (TPSA) is 39.9 Å². The van der Waals surface area contributed by atoms with Crippen LogP contribution in [-0.2, 0) is 11.3 Å². The summed E-state index contributed by atoms with van der Waals surface area (Å²) in [4.78, 5) is 0. The lowest BCUT2D eigenvalue weighted by Crippen LogP contribution is -2.24. The van der Waals surface area contributed by atoms with E-state index in [1.807, 2.05) is 17.8 Å². The molecule has 0 N–H and O–H groups in total.